The molecule has 4 aliphatic rings. The van der Waals surface area contributed by atoms with Crippen LogP contribution >= 0.6 is 0 Å². The average Bonchev–Trinajstić information content (AvgIpc) is 3.35. The van der Waals surface area contributed by atoms with Crippen LogP contribution in [0.2, 0.25) is 0 Å². The fourth-order valence-corrected chi connectivity index (χ4v) is 5.69. The molecule has 0 radical (unpaired) electrons. The van der Waals surface area contributed by atoms with E-state index in [0.29, 0.717) is 42.6 Å². The summed E-state index contributed by atoms with van der Waals surface area (Å²) in [4.78, 5) is 33.5. The smallest absolute Gasteiger partial charge is 0.233 e. The van der Waals surface area contributed by atoms with Crippen LogP contribution in [-0.4, -0.2) is 58.2 Å². The second-order valence-electron chi connectivity index (χ2n) is 9.88. The van der Waals surface area contributed by atoms with E-state index < -0.39 is 30.0 Å². The van der Waals surface area contributed by atoms with Gasteiger partial charge in [-0.3, -0.25) is 14.5 Å². The fourth-order valence-electron chi connectivity index (χ4n) is 5.69. The number of ether oxygens (including phenoxy) is 2. The van der Waals surface area contributed by atoms with Crippen LogP contribution in [0.1, 0.15) is 38.7 Å². The van der Waals surface area contributed by atoms with Gasteiger partial charge in [0.2, 0.25) is 18.6 Å². The summed E-state index contributed by atoms with van der Waals surface area (Å²) in [6.07, 6.45) is -0.761. The van der Waals surface area contributed by atoms with Crippen LogP contribution in [0.25, 0.3) is 0 Å². The first-order chi connectivity index (χ1) is 15.8. The Bertz CT molecular complexity index is 978. The molecule has 9 nitrogen and oxygen atoms in total. The number of likely N-dealkylation sites (tertiary alicyclic amines) is 1. The van der Waals surface area contributed by atoms with Crippen LogP contribution in [0.4, 0.5) is 0 Å². The molecule has 6 atom stereocenters. The average molecular weight is 459 g/mol. The van der Waals surface area contributed by atoms with Crippen molar-refractivity contribution in [2.45, 2.75) is 51.9 Å². The quantitative estimate of drug-likeness (QED) is 0.509. The molecule has 2 heterocycles. The topological polar surface area (TPSA) is 118 Å². The Morgan fingerprint density at radius 1 is 1.12 bits per heavy atom. The van der Waals surface area contributed by atoms with Crippen molar-refractivity contribution in [2.24, 2.45) is 34.7 Å². The Hall–Kier alpha value is -2.65. The molecule has 3 fully saturated rings. The number of rotatable bonds is 5. The third kappa shape index (κ3) is 3.87. The molecule has 2 N–H and O–H groups in total. The Morgan fingerprint density at radius 2 is 1.88 bits per heavy atom. The van der Waals surface area contributed by atoms with Crippen molar-refractivity contribution in [3.63, 3.8) is 0 Å². The predicted molar refractivity (Wildman–Crippen MR) is 116 cm³/mol. The highest BCUT2D eigenvalue weighted by Crippen LogP contribution is 2.50. The summed E-state index contributed by atoms with van der Waals surface area (Å²) in [7, 11) is 0. The first kappa shape index (κ1) is 22.2. The van der Waals surface area contributed by atoms with Gasteiger partial charge in [0.15, 0.2) is 11.5 Å². The van der Waals surface area contributed by atoms with Crippen molar-refractivity contribution >= 4 is 17.5 Å². The van der Waals surface area contributed by atoms with Crippen LogP contribution < -0.4 is 9.47 Å². The van der Waals surface area contributed by atoms with Gasteiger partial charge in [0.1, 0.15) is 6.61 Å². The molecular weight excluding hydrogens is 428 g/mol. The molecule has 2 aliphatic carbocycles. The number of aliphatic hydroxyl groups is 2. The van der Waals surface area contributed by atoms with E-state index in [0.717, 1.165) is 5.56 Å². The second kappa shape index (κ2) is 8.61. The number of oxime groups is 1. The highest BCUT2D eigenvalue weighted by atomic mass is 16.7. The lowest BCUT2D eigenvalue weighted by atomic mass is 9.60. The first-order valence-electron chi connectivity index (χ1n) is 11.6. The zero-order chi connectivity index (χ0) is 23.3. The zero-order valence-electron chi connectivity index (χ0n) is 18.8. The number of hydrogen-bond donors (Lipinski definition) is 2. The molecule has 9 heteroatoms. The van der Waals surface area contributed by atoms with Gasteiger partial charge in [-0.05, 0) is 36.5 Å². The van der Waals surface area contributed by atoms with Gasteiger partial charge in [0.25, 0.3) is 0 Å². The number of carbonyl (C=O) groups excluding carboxylic acids is 2. The SMILES string of the molecule is CC(C)CON=C1C[C@@H](O)[C@@H](O)[C@@H]2[C@@H]3C(=O)N(Cc4ccc5c(c4)OCO5)C(=O)[C@@H]3CC[C@@H]12. The lowest BCUT2D eigenvalue weighted by Gasteiger charge is -2.45. The molecule has 1 aromatic rings. The molecule has 0 spiro atoms. The van der Waals surface area contributed by atoms with Gasteiger partial charge in [-0.2, -0.15) is 0 Å². The van der Waals surface area contributed by atoms with Gasteiger partial charge in [0, 0.05) is 18.3 Å². The molecule has 0 aromatic heterocycles. The highest BCUT2D eigenvalue weighted by Gasteiger charge is 2.59. The summed E-state index contributed by atoms with van der Waals surface area (Å²) >= 11 is 0. The van der Waals surface area contributed by atoms with Crippen molar-refractivity contribution < 1.29 is 34.1 Å². The van der Waals surface area contributed by atoms with Crippen molar-refractivity contribution in [1.82, 2.24) is 4.90 Å². The maximum atomic E-state index is 13.5. The number of hydrogen-bond acceptors (Lipinski definition) is 8. The molecule has 2 aliphatic heterocycles. The normalized spacial score (nSPS) is 34.1. The van der Waals surface area contributed by atoms with Gasteiger partial charge in [-0.15, -0.1) is 0 Å². The minimum atomic E-state index is -1.09. The number of nitrogens with zero attached hydrogens (tertiary/aromatic N) is 2. The minimum Gasteiger partial charge on any atom is -0.454 e. The number of fused-ring (bicyclic) bond motifs is 4. The number of carbonyl (C=O) groups is 2. The summed E-state index contributed by atoms with van der Waals surface area (Å²) in [5.74, 6) is -0.908. The third-order valence-corrected chi connectivity index (χ3v) is 7.24. The van der Waals surface area contributed by atoms with Crippen LogP contribution in [0.3, 0.4) is 0 Å². The first-order valence-corrected chi connectivity index (χ1v) is 11.6. The molecule has 2 amide bonds. The summed E-state index contributed by atoms with van der Waals surface area (Å²) in [6, 6.07) is 5.37. The van der Waals surface area contributed by atoms with Gasteiger partial charge in [-0.1, -0.05) is 25.1 Å². The van der Waals surface area contributed by atoms with E-state index in [4.69, 9.17) is 14.3 Å². The predicted octanol–water partition coefficient (Wildman–Crippen LogP) is 1.70. The molecule has 178 valence electrons. The van der Waals surface area contributed by atoms with E-state index in [1.54, 1.807) is 12.1 Å². The molecule has 33 heavy (non-hydrogen) atoms. The molecule has 5 rings (SSSR count). The lowest BCUT2D eigenvalue weighted by molar-refractivity contribution is -0.142. The van der Waals surface area contributed by atoms with E-state index in [-0.39, 0.29) is 37.5 Å². The Balaban J connectivity index is 1.38. The molecule has 1 saturated heterocycles. The Labute approximate surface area is 192 Å². The number of aliphatic hydroxyl groups excluding tert-OH is 2. The van der Waals surface area contributed by atoms with E-state index in [1.807, 2.05) is 19.9 Å². The lowest BCUT2D eigenvalue weighted by Crippen LogP contribution is -2.54. The Morgan fingerprint density at radius 3 is 2.67 bits per heavy atom. The number of benzene rings is 1. The van der Waals surface area contributed by atoms with E-state index in [9.17, 15) is 19.8 Å². The van der Waals surface area contributed by atoms with Crippen LogP contribution in [0.15, 0.2) is 23.4 Å². The van der Waals surface area contributed by atoms with Crippen LogP contribution in [-0.2, 0) is 21.0 Å². The Kier molecular flexibility index (Phi) is 5.78. The molecule has 1 aromatic carbocycles. The van der Waals surface area contributed by atoms with Crippen molar-refractivity contribution in [3.8, 4) is 11.5 Å². The van der Waals surface area contributed by atoms with Crippen LogP contribution in [0, 0.1) is 29.6 Å². The molecule has 0 bridgehead atoms. The van der Waals surface area contributed by atoms with E-state index in [1.165, 1.54) is 4.90 Å². The van der Waals surface area contributed by atoms with Gasteiger partial charge in [0.05, 0.1) is 36.3 Å². The summed E-state index contributed by atoms with van der Waals surface area (Å²) in [6.45, 7) is 4.77. The molecule has 0 unspecified atom stereocenters. The number of imide groups is 1. The standard InChI is InChI=1S/C24H30N2O7/c1-12(2)10-33-25-16-8-17(27)22(28)20-14(16)4-5-15-21(20)24(30)26(23(15)29)9-13-3-6-18-19(7-13)32-11-31-18/h3,6-7,12,14-15,17,20-22,27-28H,4-5,8-11H2,1-2H3/t14-,15+,17+,20-,21+,22+/m0/s1. The van der Waals surface area contributed by atoms with Gasteiger partial charge < -0.3 is 24.5 Å². The number of amides is 2. The fraction of sp³-hybridized carbons (Fsp3) is 0.625. The van der Waals surface area contributed by atoms with Gasteiger partial charge >= 0.3 is 0 Å². The minimum absolute atomic E-state index is 0.135. The molecule has 2 saturated carbocycles. The van der Waals surface area contributed by atoms with E-state index in [2.05, 4.69) is 5.16 Å². The summed E-state index contributed by atoms with van der Waals surface area (Å²) in [5, 5.41) is 25.7. The van der Waals surface area contributed by atoms with Crippen molar-refractivity contribution in [2.75, 3.05) is 13.4 Å². The summed E-state index contributed by atoms with van der Waals surface area (Å²) < 4.78 is 10.7. The van der Waals surface area contributed by atoms with Crippen molar-refractivity contribution in [1.29, 1.82) is 0 Å². The summed E-state index contributed by atoms with van der Waals surface area (Å²) in [5.41, 5.74) is 1.44. The third-order valence-electron chi connectivity index (χ3n) is 7.24. The maximum Gasteiger partial charge on any atom is 0.233 e. The second-order valence-corrected chi connectivity index (χ2v) is 9.88. The van der Waals surface area contributed by atoms with Crippen LogP contribution in [0.5, 0.6) is 11.5 Å². The van der Waals surface area contributed by atoms with Crippen molar-refractivity contribution in [3.05, 3.63) is 23.8 Å². The zero-order valence-corrected chi connectivity index (χ0v) is 18.8. The largest absolute Gasteiger partial charge is 0.454 e. The molecular formula is C24H30N2O7. The monoisotopic (exact) mass is 458 g/mol. The maximum absolute atomic E-state index is 13.5. The van der Waals surface area contributed by atoms with E-state index >= 15 is 0 Å². The van der Waals surface area contributed by atoms with Gasteiger partial charge in [-0.25, -0.2) is 0 Å². The highest BCUT2D eigenvalue weighted by molar-refractivity contribution is 6.06.